The second kappa shape index (κ2) is 5.12. The van der Waals surface area contributed by atoms with Crippen molar-refractivity contribution in [2.45, 2.75) is 13.5 Å². The Morgan fingerprint density at radius 1 is 1.61 bits per heavy atom. The molecule has 6 nitrogen and oxygen atoms in total. The summed E-state index contributed by atoms with van der Waals surface area (Å²) in [4.78, 5) is 24.0. The van der Waals surface area contributed by atoms with Gasteiger partial charge in [0.2, 0.25) is 0 Å². The molecule has 0 radical (unpaired) electrons. The van der Waals surface area contributed by atoms with E-state index in [0.29, 0.717) is 25.4 Å². The molecule has 1 aromatic rings. The molecule has 2 rings (SSSR count). The molecule has 0 bridgehead atoms. The molecule has 1 aromatic heterocycles. The predicted octanol–water partition coefficient (Wildman–Crippen LogP) is 1.14. The van der Waals surface area contributed by atoms with Crippen molar-refractivity contribution >= 4 is 12.0 Å². The van der Waals surface area contributed by atoms with Crippen LogP contribution < -0.4 is 5.32 Å². The van der Waals surface area contributed by atoms with Crippen LogP contribution in [0.25, 0.3) is 0 Å². The summed E-state index contributed by atoms with van der Waals surface area (Å²) in [6, 6.07) is 3.36. The van der Waals surface area contributed by atoms with Crippen LogP contribution in [0.1, 0.15) is 12.7 Å². The third kappa shape index (κ3) is 2.64. The van der Waals surface area contributed by atoms with Crippen molar-refractivity contribution in [1.82, 2.24) is 10.2 Å². The topological polar surface area (TPSA) is 82.8 Å². The van der Waals surface area contributed by atoms with E-state index in [-0.39, 0.29) is 11.9 Å². The average Bonchev–Trinajstić information content (AvgIpc) is 2.76. The fourth-order valence-electron chi connectivity index (χ4n) is 1.88. The normalized spacial score (nSPS) is 17.1. The summed E-state index contributed by atoms with van der Waals surface area (Å²) < 4.78 is 5.10. The van der Waals surface area contributed by atoms with Gasteiger partial charge in [0, 0.05) is 19.0 Å². The van der Waals surface area contributed by atoms with Crippen LogP contribution in [0.4, 0.5) is 4.79 Å². The molecule has 1 unspecified atom stereocenters. The zero-order valence-corrected chi connectivity index (χ0v) is 10.1. The standard InChI is InChI=1S/C12H16N2O4/c1-8(11(15)16)9-6-14(7-9)12(17)13-5-10-3-2-4-18-10/h2-4,8-9H,5-7H2,1H3,(H,13,17)(H,15,16). The fraction of sp³-hybridized carbons (Fsp3) is 0.500. The molecule has 2 amide bonds. The van der Waals surface area contributed by atoms with Gasteiger partial charge in [-0.05, 0) is 12.1 Å². The lowest BCUT2D eigenvalue weighted by Gasteiger charge is -2.40. The number of furan rings is 1. The first-order valence-corrected chi connectivity index (χ1v) is 5.86. The second-order valence-corrected chi connectivity index (χ2v) is 4.53. The molecule has 1 fully saturated rings. The van der Waals surface area contributed by atoms with E-state index in [1.807, 2.05) is 0 Å². The Morgan fingerprint density at radius 2 is 2.33 bits per heavy atom. The molecule has 18 heavy (non-hydrogen) atoms. The van der Waals surface area contributed by atoms with Crippen LogP contribution in [0.3, 0.4) is 0 Å². The Morgan fingerprint density at radius 3 is 2.89 bits per heavy atom. The molecule has 2 heterocycles. The number of amides is 2. The first-order chi connectivity index (χ1) is 8.58. The maximum atomic E-state index is 11.7. The largest absolute Gasteiger partial charge is 0.481 e. The molecule has 98 valence electrons. The van der Waals surface area contributed by atoms with Crippen LogP contribution in [-0.4, -0.2) is 35.1 Å². The van der Waals surface area contributed by atoms with Crippen molar-refractivity contribution in [3.05, 3.63) is 24.2 Å². The first kappa shape index (κ1) is 12.5. The smallest absolute Gasteiger partial charge is 0.317 e. The Hall–Kier alpha value is -1.98. The summed E-state index contributed by atoms with van der Waals surface area (Å²) in [6.45, 7) is 3.02. The number of carboxylic acid groups (broad SMARTS) is 1. The molecule has 0 aromatic carbocycles. The number of nitrogens with zero attached hydrogens (tertiary/aromatic N) is 1. The molecular weight excluding hydrogens is 236 g/mol. The minimum atomic E-state index is -0.810. The van der Waals surface area contributed by atoms with E-state index in [4.69, 9.17) is 9.52 Å². The highest BCUT2D eigenvalue weighted by atomic mass is 16.4. The van der Waals surface area contributed by atoms with E-state index >= 15 is 0 Å². The minimum absolute atomic E-state index is 0.0527. The second-order valence-electron chi connectivity index (χ2n) is 4.53. The quantitative estimate of drug-likeness (QED) is 0.841. The lowest BCUT2D eigenvalue weighted by atomic mass is 9.87. The van der Waals surface area contributed by atoms with E-state index in [0.717, 1.165) is 0 Å². The number of urea groups is 1. The third-order valence-electron chi connectivity index (χ3n) is 3.29. The van der Waals surface area contributed by atoms with Gasteiger partial charge in [0.15, 0.2) is 0 Å². The molecule has 6 heteroatoms. The lowest BCUT2D eigenvalue weighted by Crippen LogP contribution is -2.56. The number of likely N-dealkylation sites (tertiary alicyclic amines) is 1. The summed E-state index contributed by atoms with van der Waals surface area (Å²) in [7, 11) is 0. The molecule has 1 aliphatic rings. The monoisotopic (exact) mass is 252 g/mol. The highest BCUT2D eigenvalue weighted by molar-refractivity contribution is 5.76. The summed E-state index contributed by atoms with van der Waals surface area (Å²) in [6.07, 6.45) is 1.55. The van der Waals surface area contributed by atoms with Crippen LogP contribution in [0.5, 0.6) is 0 Å². The molecule has 1 aliphatic heterocycles. The zero-order valence-electron chi connectivity index (χ0n) is 10.1. The van der Waals surface area contributed by atoms with Crippen molar-refractivity contribution in [2.75, 3.05) is 13.1 Å². The Kier molecular flexibility index (Phi) is 3.55. The molecule has 2 N–H and O–H groups in total. The molecule has 1 saturated heterocycles. The fourth-order valence-corrected chi connectivity index (χ4v) is 1.88. The summed E-state index contributed by atoms with van der Waals surface area (Å²) in [5.41, 5.74) is 0. The van der Waals surface area contributed by atoms with E-state index in [1.165, 1.54) is 0 Å². The maximum Gasteiger partial charge on any atom is 0.317 e. The molecule has 1 atom stereocenters. The number of carboxylic acids is 1. The van der Waals surface area contributed by atoms with Crippen molar-refractivity contribution in [1.29, 1.82) is 0 Å². The van der Waals surface area contributed by atoms with Gasteiger partial charge in [-0.1, -0.05) is 6.92 Å². The molecule has 0 spiro atoms. The van der Waals surface area contributed by atoms with Crippen LogP contribution in [0.15, 0.2) is 22.8 Å². The van der Waals surface area contributed by atoms with Gasteiger partial charge in [0.25, 0.3) is 0 Å². The van der Waals surface area contributed by atoms with Gasteiger partial charge in [-0.3, -0.25) is 4.79 Å². The third-order valence-corrected chi connectivity index (χ3v) is 3.29. The van der Waals surface area contributed by atoms with E-state index in [9.17, 15) is 9.59 Å². The first-order valence-electron chi connectivity index (χ1n) is 5.86. The minimum Gasteiger partial charge on any atom is -0.481 e. The number of aliphatic carboxylic acids is 1. The number of nitrogens with one attached hydrogen (secondary N) is 1. The van der Waals surface area contributed by atoms with Crippen LogP contribution in [0, 0.1) is 11.8 Å². The Labute approximate surface area is 105 Å². The van der Waals surface area contributed by atoms with Gasteiger partial charge in [-0.25, -0.2) is 4.79 Å². The van der Waals surface area contributed by atoms with E-state index < -0.39 is 11.9 Å². The average molecular weight is 252 g/mol. The summed E-state index contributed by atoms with van der Waals surface area (Å²) >= 11 is 0. The van der Waals surface area contributed by atoms with Crippen LogP contribution in [-0.2, 0) is 11.3 Å². The van der Waals surface area contributed by atoms with E-state index in [1.54, 1.807) is 30.2 Å². The van der Waals surface area contributed by atoms with Crippen molar-refractivity contribution in [3.8, 4) is 0 Å². The van der Waals surface area contributed by atoms with Gasteiger partial charge >= 0.3 is 12.0 Å². The van der Waals surface area contributed by atoms with Crippen LogP contribution in [0.2, 0.25) is 0 Å². The summed E-state index contributed by atoms with van der Waals surface area (Å²) in [5.74, 6) is -0.467. The van der Waals surface area contributed by atoms with Gasteiger partial charge in [0.1, 0.15) is 5.76 Å². The van der Waals surface area contributed by atoms with Gasteiger partial charge < -0.3 is 19.7 Å². The van der Waals surface area contributed by atoms with Gasteiger partial charge in [-0.2, -0.15) is 0 Å². The number of hydrogen-bond acceptors (Lipinski definition) is 3. The molecule has 0 aliphatic carbocycles. The van der Waals surface area contributed by atoms with Gasteiger partial charge in [0.05, 0.1) is 18.7 Å². The lowest BCUT2D eigenvalue weighted by molar-refractivity contribution is -0.144. The number of hydrogen-bond donors (Lipinski definition) is 2. The van der Waals surface area contributed by atoms with Gasteiger partial charge in [-0.15, -0.1) is 0 Å². The zero-order chi connectivity index (χ0) is 13.1. The van der Waals surface area contributed by atoms with Crippen molar-refractivity contribution in [2.24, 2.45) is 11.8 Å². The molecular formula is C12H16N2O4. The van der Waals surface area contributed by atoms with E-state index in [2.05, 4.69) is 5.32 Å². The van der Waals surface area contributed by atoms with Crippen molar-refractivity contribution in [3.63, 3.8) is 0 Å². The highest BCUT2D eigenvalue weighted by Crippen LogP contribution is 2.23. The predicted molar refractivity (Wildman–Crippen MR) is 62.8 cm³/mol. The molecule has 0 saturated carbocycles. The van der Waals surface area contributed by atoms with Crippen LogP contribution >= 0.6 is 0 Å². The van der Waals surface area contributed by atoms with Crippen molar-refractivity contribution < 1.29 is 19.1 Å². The number of carbonyl (C=O) groups is 2. The number of rotatable bonds is 4. The SMILES string of the molecule is CC(C(=O)O)C1CN(C(=O)NCc2ccco2)C1. The Bertz CT molecular complexity index is 423. The highest BCUT2D eigenvalue weighted by Gasteiger charge is 2.37. The summed E-state index contributed by atoms with van der Waals surface area (Å²) in [5, 5.41) is 11.6. The maximum absolute atomic E-state index is 11.7. The Balaban J connectivity index is 1.71. The number of carbonyl (C=O) groups excluding carboxylic acids is 1.